The number of hydrogen-bond donors (Lipinski definition) is 0. The van der Waals surface area contributed by atoms with Crippen LogP contribution in [0, 0.1) is 0 Å². The zero-order chi connectivity index (χ0) is 17.9. The van der Waals surface area contributed by atoms with Crippen molar-refractivity contribution in [3.63, 3.8) is 0 Å². The van der Waals surface area contributed by atoms with Crippen LogP contribution in [0.3, 0.4) is 0 Å². The normalized spacial score (nSPS) is 19.8. The van der Waals surface area contributed by atoms with Gasteiger partial charge in [0.1, 0.15) is 0 Å². The van der Waals surface area contributed by atoms with Gasteiger partial charge in [0.15, 0.2) is 0 Å². The highest BCUT2D eigenvalue weighted by Crippen LogP contribution is 2.23. The Morgan fingerprint density at radius 1 is 1.44 bits per heavy atom. The molecule has 6 nitrogen and oxygen atoms in total. The number of carbonyl (C=O) groups excluding carboxylic acids is 1. The van der Waals surface area contributed by atoms with Crippen LogP contribution in [0.15, 0.2) is 43.0 Å². The predicted molar refractivity (Wildman–Crippen MR) is 94.5 cm³/mol. The summed E-state index contributed by atoms with van der Waals surface area (Å²) in [6, 6.07) is 7.77. The molecule has 1 aromatic carbocycles. The Morgan fingerprint density at radius 2 is 2.28 bits per heavy atom. The number of hydrogen-bond acceptors (Lipinski definition) is 4. The molecule has 1 aromatic heterocycles. The number of ether oxygens (including phenoxy) is 2. The van der Waals surface area contributed by atoms with E-state index in [1.165, 1.54) is 0 Å². The molecule has 1 aliphatic heterocycles. The molecule has 1 atom stereocenters. The van der Waals surface area contributed by atoms with E-state index in [1.54, 1.807) is 19.6 Å². The molecule has 25 heavy (non-hydrogen) atoms. The Bertz CT molecular complexity index is 712. The first-order valence-electron chi connectivity index (χ1n) is 8.47. The van der Waals surface area contributed by atoms with Crippen LogP contribution < -0.4 is 0 Å². The van der Waals surface area contributed by atoms with Gasteiger partial charge in [-0.3, -0.25) is 4.79 Å². The average Bonchev–Trinajstić information content (AvgIpc) is 3.06. The molecule has 0 spiro atoms. The highest BCUT2D eigenvalue weighted by atomic mass is 16.5. The molecule has 1 saturated heterocycles. The second-order valence-electron chi connectivity index (χ2n) is 7.08. The van der Waals surface area contributed by atoms with Crippen molar-refractivity contribution in [3.8, 4) is 0 Å². The first-order chi connectivity index (χ1) is 12.0. The van der Waals surface area contributed by atoms with Crippen LogP contribution in [0.2, 0.25) is 0 Å². The lowest BCUT2D eigenvalue weighted by molar-refractivity contribution is -0.143. The van der Waals surface area contributed by atoms with Gasteiger partial charge in [-0.2, -0.15) is 0 Å². The molecule has 0 N–H and O–H groups in total. The van der Waals surface area contributed by atoms with Gasteiger partial charge in [-0.05, 0) is 31.5 Å². The summed E-state index contributed by atoms with van der Waals surface area (Å²) in [5.41, 5.74) is 1.39. The van der Waals surface area contributed by atoms with E-state index < -0.39 is 0 Å². The number of benzene rings is 1. The molecule has 0 saturated carbocycles. The molecule has 1 fully saturated rings. The van der Waals surface area contributed by atoms with Crippen molar-refractivity contribution in [1.29, 1.82) is 0 Å². The zero-order valence-corrected chi connectivity index (χ0v) is 15.0. The Morgan fingerprint density at radius 3 is 3.00 bits per heavy atom. The van der Waals surface area contributed by atoms with E-state index in [-0.39, 0.29) is 17.6 Å². The Labute approximate surface area is 148 Å². The van der Waals surface area contributed by atoms with E-state index in [9.17, 15) is 4.79 Å². The monoisotopic (exact) mass is 343 g/mol. The molecule has 1 amide bonds. The minimum absolute atomic E-state index is 0.0324. The molecular weight excluding hydrogens is 318 g/mol. The number of aromatic nitrogens is 2. The number of carbonyl (C=O) groups is 1. The Kier molecular flexibility index (Phi) is 5.20. The predicted octanol–water partition coefficient (Wildman–Crippen LogP) is 2.20. The van der Waals surface area contributed by atoms with Crippen molar-refractivity contribution >= 4 is 5.91 Å². The van der Waals surface area contributed by atoms with Crippen LogP contribution in [0.1, 0.15) is 29.8 Å². The second-order valence-corrected chi connectivity index (χ2v) is 7.08. The lowest BCUT2D eigenvalue weighted by Crippen LogP contribution is -2.55. The highest BCUT2D eigenvalue weighted by molar-refractivity contribution is 5.94. The van der Waals surface area contributed by atoms with Gasteiger partial charge in [0.05, 0.1) is 24.6 Å². The number of imidazole rings is 1. The summed E-state index contributed by atoms with van der Waals surface area (Å²) in [6.45, 7) is 6.30. The summed E-state index contributed by atoms with van der Waals surface area (Å²) in [5, 5.41) is 0. The number of nitrogens with zero attached hydrogens (tertiary/aromatic N) is 3. The van der Waals surface area contributed by atoms with Crippen molar-refractivity contribution in [2.45, 2.75) is 32.1 Å². The van der Waals surface area contributed by atoms with Crippen LogP contribution in [0.5, 0.6) is 0 Å². The van der Waals surface area contributed by atoms with E-state index in [1.807, 2.05) is 53.8 Å². The summed E-state index contributed by atoms with van der Waals surface area (Å²) < 4.78 is 13.2. The maximum atomic E-state index is 13.0. The van der Waals surface area contributed by atoms with Crippen molar-refractivity contribution in [2.75, 3.05) is 26.8 Å². The third-order valence-corrected chi connectivity index (χ3v) is 4.22. The Balaban J connectivity index is 1.75. The lowest BCUT2D eigenvalue weighted by atomic mass is 10.0. The smallest absolute Gasteiger partial charge is 0.254 e. The molecule has 6 heteroatoms. The first-order valence-corrected chi connectivity index (χ1v) is 8.47. The summed E-state index contributed by atoms with van der Waals surface area (Å²) >= 11 is 0. The van der Waals surface area contributed by atoms with Crippen molar-refractivity contribution in [3.05, 3.63) is 54.1 Å². The fourth-order valence-electron chi connectivity index (χ4n) is 3.30. The van der Waals surface area contributed by atoms with Gasteiger partial charge in [-0.15, -0.1) is 0 Å². The summed E-state index contributed by atoms with van der Waals surface area (Å²) in [5.74, 6) is 0.0324. The molecule has 1 aliphatic rings. The largest absolute Gasteiger partial charge is 0.382 e. The quantitative estimate of drug-likeness (QED) is 0.835. The molecule has 134 valence electrons. The van der Waals surface area contributed by atoms with Gasteiger partial charge in [-0.1, -0.05) is 12.1 Å². The molecule has 0 bridgehead atoms. The minimum Gasteiger partial charge on any atom is -0.382 e. The van der Waals surface area contributed by atoms with Gasteiger partial charge in [0.2, 0.25) is 0 Å². The topological polar surface area (TPSA) is 56.6 Å². The third-order valence-electron chi connectivity index (χ3n) is 4.22. The standard InChI is InChI=1S/C19H25N3O3/c1-19(2)13-22(11-17(25-19)12-24-3)18(23)16-6-4-5-15(9-16)10-21-8-7-20-14-21/h4-9,14,17H,10-13H2,1-3H3. The summed E-state index contributed by atoms with van der Waals surface area (Å²) in [6.07, 6.45) is 5.33. The van der Waals surface area contributed by atoms with E-state index in [0.717, 1.165) is 5.56 Å². The molecule has 2 aromatic rings. The summed E-state index contributed by atoms with van der Waals surface area (Å²) in [4.78, 5) is 18.9. The maximum absolute atomic E-state index is 13.0. The van der Waals surface area contributed by atoms with E-state index in [0.29, 0.717) is 31.8 Å². The number of rotatable bonds is 5. The first kappa shape index (κ1) is 17.6. The average molecular weight is 343 g/mol. The lowest BCUT2D eigenvalue weighted by Gasteiger charge is -2.42. The van der Waals surface area contributed by atoms with Crippen molar-refractivity contribution < 1.29 is 14.3 Å². The van der Waals surface area contributed by atoms with Gasteiger partial charge in [0, 0.05) is 44.7 Å². The molecule has 2 heterocycles. The van der Waals surface area contributed by atoms with Gasteiger partial charge >= 0.3 is 0 Å². The van der Waals surface area contributed by atoms with E-state index in [2.05, 4.69) is 4.98 Å². The van der Waals surface area contributed by atoms with Crippen LogP contribution in [-0.2, 0) is 16.0 Å². The van der Waals surface area contributed by atoms with Crippen LogP contribution in [-0.4, -0.2) is 58.9 Å². The maximum Gasteiger partial charge on any atom is 0.254 e. The van der Waals surface area contributed by atoms with Crippen LogP contribution >= 0.6 is 0 Å². The van der Waals surface area contributed by atoms with Crippen molar-refractivity contribution in [1.82, 2.24) is 14.5 Å². The van der Waals surface area contributed by atoms with Gasteiger partial charge < -0.3 is 18.9 Å². The van der Waals surface area contributed by atoms with E-state index in [4.69, 9.17) is 9.47 Å². The number of morpholine rings is 1. The fraction of sp³-hybridized carbons (Fsp3) is 0.474. The van der Waals surface area contributed by atoms with Crippen LogP contribution in [0.4, 0.5) is 0 Å². The van der Waals surface area contributed by atoms with E-state index >= 15 is 0 Å². The number of amides is 1. The molecule has 3 rings (SSSR count). The highest BCUT2D eigenvalue weighted by Gasteiger charge is 2.35. The number of methoxy groups -OCH3 is 1. The van der Waals surface area contributed by atoms with Crippen molar-refractivity contribution in [2.24, 2.45) is 0 Å². The van der Waals surface area contributed by atoms with Gasteiger partial charge in [-0.25, -0.2) is 4.98 Å². The molecule has 0 aliphatic carbocycles. The van der Waals surface area contributed by atoms with Gasteiger partial charge in [0.25, 0.3) is 5.91 Å². The molecule has 1 unspecified atom stereocenters. The minimum atomic E-state index is -0.383. The van der Waals surface area contributed by atoms with Crippen LogP contribution in [0.25, 0.3) is 0 Å². The Hall–Kier alpha value is -2.18. The third kappa shape index (κ3) is 4.46. The summed E-state index contributed by atoms with van der Waals surface area (Å²) in [7, 11) is 1.65. The molecule has 0 radical (unpaired) electrons. The second kappa shape index (κ2) is 7.37. The molecular formula is C19H25N3O3. The zero-order valence-electron chi connectivity index (χ0n) is 15.0. The SMILES string of the molecule is COCC1CN(C(=O)c2cccc(Cn3ccnc3)c2)CC(C)(C)O1. The fourth-order valence-corrected chi connectivity index (χ4v) is 3.30.